The molecule has 6 heteroatoms. The molecule has 0 aliphatic heterocycles. The summed E-state index contributed by atoms with van der Waals surface area (Å²) in [6.45, 7) is 4.54. The van der Waals surface area contributed by atoms with Crippen LogP contribution in [0.5, 0.6) is 11.5 Å². The second-order valence-corrected chi connectivity index (χ2v) is 7.68. The van der Waals surface area contributed by atoms with E-state index in [2.05, 4.69) is 31.3 Å². The van der Waals surface area contributed by atoms with Crippen LogP contribution in [0.25, 0.3) is 6.08 Å². The van der Waals surface area contributed by atoms with E-state index in [1.165, 1.54) is 17.2 Å². The molecule has 1 N–H and O–H groups in total. The van der Waals surface area contributed by atoms with Crippen molar-refractivity contribution in [1.29, 1.82) is 5.26 Å². The van der Waals surface area contributed by atoms with E-state index in [-0.39, 0.29) is 5.57 Å². The van der Waals surface area contributed by atoms with Gasteiger partial charge in [0.2, 0.25) is 0 Å². The van der Waals surface area contributed by atoms with E-state index in [1.54, 1.807) is 49.6 Å². The second-order valence-electron chi connectivity index (χ2n) is 7.25. The summed E-state index contributed by atoms with van der Waals surface area (Å²) >= 11 is 5.86. The lowest BCUT2D eigenvalue weighted by Crippen LogP contribution is -2.13. The van der Waals surface area contributed by atoms with Crippen LogP contribution < -0.4 is 14.8 Å². The highest BCUT2D eigenvalue weighted by molar-refractivity contribution is 6.30. The molecule has 0 saturated heterocycles. The minimum absolute atomic E-state index is 0.0363. The molecule has 5 nitrogen and oxygen atoms in total. The summed E-state index contributed by atoms with van der Waals surface area (Å²) in [5.41, 5.74) is 4.65. The zero-order chi connectivity index (χ0) is 23.1. The fraction of sp³-hybridized carbons (Fsp3) is 0.154. The van der Waals surface area contributed by atoms with Crippen molar-refractivity contribution in [2.45, 2.75) is 20.5 Å². The monoisotopic (exact) mass is 446 g/mol. The lowest BCUT2D eigenvalue weighted by Gasteiger charge is -2.12. The van der Waals surface area contributed by atoms with Crippen LogP contribution in [0.4, 0.5) is 5.69 Å². The van der Waals surface area contributed by atoms with E-state index < -0.39 is 5.91 Å². The van der Waals surface area contributed by atoms with Gasteiger partial charge in [0.25, 0.3) is 5.91 Å². The maximum absolute atomic E-state index is 12.5. The molecule has 162 valence electrons. The van der Waals surface area contributed by atoms with Gasteiger partial charge in [-0.2, -0.15) is 5.26 Å². The van der Waals surface area contributed by atoms with E-state index in [1.807, 2.05) is 12.1 Å². The fourth-order valence-electron chi connectivity index (χ4n) is 2.99. The lowest BCUT2D eigenvalue weighted by molar-refractivity contribution is -0.112. The molecule has 0 unspecified atom stereocenters. The Labute approximate surface area is 192 Å². The molecule has 0 radical (unpaired) electrons. The number of amides is 1. The minimum atomic E-state index is -0.510. The third kappa shape index (κ3) is 5.90. The van der Waals surface area contributed by atoms with Gasteiger partial charge in [0.1, 0.15) is 18.2 Å². The van der Waals surface area contributed by atoms with Crippen LogP contribution in [0.15, 0.2) is 66.2 Å². The minimum Gasteiger partial charge on any atom is -0.493 e. The summed E-state index contributed by atoms with van der Waals surface area (Å²) < 4.78 is 11.4. The summed E-state index contributed by atoms with van der Waals surface area (Å²) in [6.07, 6.45) is 1.50. The van der Waals surface area contributed by atoms with Crippen LogP contribution in [0.1, 0.15) is 22.3 Å². The number of nitrogens with zero attached hydrogens (tertiary/aromatic N) is 1. The number of benzene rings is 3. The van der Waals surface area contributed by atoms with Gasteiger partial charge >= 0.3 is 0 Å². The van der Waals surface area contributed by atoms with Gasteiger partial charge in [0.15, 0.2) is 11.5 Å². The third-order valence-electron chi connectivity index (χ3n) is 4.93. The van der Waals surface area contributed by atoms with Crippen LogP contribution in [0.2, 0.25) is 5.02 Å². The molecule has 0 heterocycles. The van der Waals surface area contributed by atoms with Gasteiger partial charge in [0, 0.05) is 10.7 Å². The van der Waals surface area contributed by atoms with Crippen LogP contribution in [0.3, 0.4) is 0 Å². The van der Waals surface area contributed by atoms with Gasteiger partial charge in [-0.3, -0.25) is 4.79 Å². The Morgan fingerprint density at radius 1 is 1.03 bits per heavy atom. The van der Waals surface area contributed by atoms with Gasteiger partial charge in [0.05, 0.1) is 7.11 Å². The first-order valence-corrected chi connectivity index (χ1v) is 10.3. The predicted molar refractivity (Wildman–Crippen MR) is 127 cm³/mol. The number of halogens is 1. The summed E-state index contributed by atoms with van der Waals surface area (Å²) in [7, 11) is 1.55. The molecule has 0 atom stereocenters. The highest BCUT2D eigenvalue weighted by atomic mass is 35.5. The summed E-state index contributed by atoms with van der Waals surface area (Å²) in [5.74, 6) is 0.578. The molecule has 3 rings (SSSR count). The van der Waals surface area contributed by atoms with Gasteiger partial charge in [-0.05, 0) is 78.6 Å². The van der Waals surface area contributed by atoms with E-state index in [0.29, 0.717) is 34.4 Å². The highest BCUT2D eigenvalue weighted by Gasteiger charge is 2.11. The first-order chi connectivity index (χ1) is 15.4. The molecule has 3 aromatic rings. The summed E-state index contributed by atoms with van der Waals surface area (Å²) in [4.78, 5) is 12.5. The van der Waals surface area contributed by atoms with E-state index in [4.69, 9.17) is 21.1 Å². The smallest absolute Gasteiger partial charge is 0.266 e. The van der Waals surface area contributed by atoms with Crippen molar-refractivity contribution in [3.05, 3.63) is 93.5 Å². The Hall–Kier alpha value is -3.75. The Bertz CT molecular complexity index is 1190. The van der Waals surface area contributed by atoms with Crippen LogP contribution in [-0.4, -0.2) is 13.0 Å². The average molecular weight is 447 g/mol. The van der Waals surface area contributed by atoms with E-state index >= 15 is 0 Å². The first-order valence-electron chi connectivity index (χ1n) is 9.95. The Morgan fingerprint density at radius 3 is 2.44 bits per heavy atom. The number of hydrogen-bond donors (Lipinski definition) is 1. The van der Waals surface area contributed by atoms with E-state index in [9.17, 15) is 10.1 Å². The average Bonchev–Trinajstić information content (AvgIpc) is 2.80. The number of rotatable bonds is 7. The zero-order valence-corrected chi connectivity index (χ0v) is 18.9. The van der Waals surface area contributed by atoms with Crippen molar-refractivity contribution in [2.75, 3.05) is 12.4 Å². The molecule has 0 aliphatic carbocycles. The molecule has 0 aromatic heterocycles. The maximum atomic E-state index is 12.5. The molecular formula is C26H23ClN2O3. The lowest BCUT2D eigenvalue weighted by atomic mass is 10.1. The van der Waals surface area contributed by atoms with Crippen LogP contribution in [-0.2, 0) is 11.4 Å². The molecular weight excluding hydrogens is 424 g/mol. The van der Waals surface area contributed by atoms with Gasteiger partial charge < -0.3 is 14.8 Å². The fourth-order valence-corrected chi connectivity index (χ4v) is 3.12. The molecule has 0 saturated carbocycles. The maximum Gasteiger partial charge on any atom is 0.266 e. The van der Waals surface area contributed by atoms with Crippen molar-refractivity contribution in [3.63, 3.8) is 0 Å². The number of ether oxygens (including phenoxy) is 2. The number of aryl methyl sites for hydroxylation is 2. The third-order valence-corrected chi connectivity index (χ3v) is 5.18. The van der Waals surface area contributed by atoms with Crippen molar-refractivity contribution in [1.82, 2.24) is 0 Å². The highest BCUT2D eigenvalue weighted by Crippen LogP contribution is 2.30. The standard InChI is InChI=1S/C26H23ClN2O3/c1-17-4-5-20(12-18(17)2)16-32-24-11-6-19(14-25(24)31-3)13-21(15-28)26(30)29-23-9-7-22(27)8-10-23/h4-14H,16H2,1-3H3,(H,29,30)/b21-13+. The molecule has 3 aromatic carbocycles. The van der Waals surface area contributed by atoms with Crippen molar-refractivity contribution in [2.24, 2.45) is 0 Å². The predicted octanol–water partition coefficient (Wildman–Crippen LogP) is 6.09. The molecule has 1 amide bonds. The van der Waals surface area contributed by atoms with Gasteiger partial charge in [-0.25, -0.2) is 0 Å². The molecule has 32 heavy (non-hydrogen) atoms. The molecule has 0 spiro atoms. The number of methoxy groups -OCH3 is 1. The first kappa shape index (κ1) is 22.9. The van der Waals surface area contributed by atoms with E-state index in [0.717, 1.165) is 5.56 Å². The molecule has 0 bridgehead atoms. The number of nitriles is 1. The second kappa shape index (κ2) is 10.5. The Morgan fingerprint density at radius 2 is 1.78 bits per heavy atom. The Balaban J connectivity index is 1.74. The number of carbonyl (C=O) groups is 1. The zero-order valence-electron chi connectivity index (χ0n) is 18.1. The number of anilines is 1. The normalized spacial score (nSPS) is 10.9. The van der Waals surface area contributed by atoms with Gasteiger partial charge in [-0.15, -0.1) is 0 Å². The molecule has 0 fully saturated rings. The number of nitrogens with one attached hydrogen (secondary N) is 1. The van der Waals surface area contributed by atoms with Gasteiger partial charge in [-0.1, -0.05) is 35.9 Å². The van der Waals surface area contributed by atoms with Crippen LogP contribution in [0, 0.1) is 25.2 Å². The van der Waals surface area contributed by atoms with Crippen molar-refractivity contribution in [3.8, 4) is 17.6 Å². The van der Waals surface area contributed by atoms with Crippen molar-refractivity contribution < 1.29 is 14.3 Å². The topological polar surface area (TPSA) is 71.3 Å². The summed E-state index contributed by atoms with van der Waals surface area (Å²) in [6, 6.07) is 20.0. The van der Waals surface area contributed by atoms with Crippen LogP contribution >= 0.6 is 11.6 Å². The SMILES string of the molecule is COc1cc(/C=C(\C#N)C(=O)Nc2ccc(Cl)cc2)ccc1OCc1ccc(C)c(C)c1. The number of hydrogen-bond acceptors (Lipinski definition) is 4. The number of carbonyl (C=O) groups excluding carboxylic acids is 1. The van der Waals surface area contributed by atoms with Crippen molar-refractivity contribution >= 4 is 29.3 Å². The summed E-state index contributed by atoms with van der Waals surface area (Å²) in [5, 5.41) is 12.7. The quantitative estimate of drug-likeness (QED) is 0.352. The molecule has 0 aliphatic rings. The largest absolute Gasteiger partial charge is 0.493 e. The Kier molecular flexibility index (Phi) is 7.54.